The molecule has 0 saturated carbocycles. The highest BCUT2D eigenvalue weighted by atomic mass is 79.9. The van der Waals surface area contributed by atoms with Crippen LogP contribution in [0, 0.1) is 5.82 Å². The van der Waals surface area contributed by atoms with Crippen molar-refractivity contribution >= 4 is 38.3 Å². The number of rotatable bonds is 2. The maximum Gasteiger partial charge on any atom is 0.272 e. The maximum atomic E-state index is 13.3. The monoisotopic (exact) mass is 366 g/mol. The number of fused-ring (bicyclic) bond motifs is 1. The third kappa shape index (κ3) is 2.84. The first-order valence-electron chi connectivity index (χ1n) is 6.15. The Kier molecular flexibility index (Phi) is 3.78. The van der Waals surface area contributed by atoms with E-state index in [0.717, 1.165) is 5.56 Å². The quantitative estimate of drug-likeness (QED) is 0.742. The molecule has 3 rings (SSSR count). The predicted octanol–water partition coefficient (Wildman–Crippen LogP) is 4.07. The van der Waals surface area contributed by atoms with E-state index in [-0.39, 0.29) is 11.4 Å². The molecule has 0 aliphatic heterocycles. The van der Waals surface area contributed by atoms with Gasteiger partial charge in [-0.3, -0.25) is 4.79 Å². The lowest BCUT2D eigenvalue weighted by Crippen LogP contribution is -2.11. The number of aromatic nitrogens is 2. The number of nitrogens with zero attached hydrogens (tertiary/aromatic N) is 1. The van der Waals surface area contributed by atoms with Crippen LogP contribution in [0.25, 0.3) is 10.8 Å². The molecule has 6 heteroatoms. The standard InChI is InChI=1S/C15H9BrClFN2O/c16-12-5-8(1-4-13(12)18)6-14-11-7-9(17)2-3-10(11)15(21)20-19-14/h1-5,7H,6H2,(H,20,21). The molecular formula is C15H9BrClFN2O. The fraction of sp³-hybridized carbons (Fsp3) is 0.0667. The number of H-pyrrole nitrogens is 1. The summed E-state index contributed by atoms with van der Waals surface area (Å²) in [5.41, 5.74) is 1.31. The molecule has 2 aromatic carbocycles. The molecule has 1 N–H and O–H groups in total. The fourth-order valence-corrected chi connectivity index (χ4v) is 2.77. The Hall–Kier alpha value is -1.72. The van der Waals surface area contributed by atoms with Crippen LogP contribution in [0.2, 0.25) is 5.02 Å². The van der Waals surface area contributed by atoms with Gasteiger partial charge in [-0.2, -0.15) is 5.10 Å². The van der Waals surface area contributed by atoms with Gasteiger partial charge in [0.05, 0.1) is 15.6 Å². The van der Waals surface area contributed by atoms with Crippen LogP contribution in [-0.4, -0.2) is 10.2 Å². The normalized spacial score (nSPS) is 11.0. The second-order valence-corrected chi connectivity index (χ2v) is 5.91. The summed E-state index contributed by atoms with van der Waals surface area (Å²) in [7, 11) is 0. The molecule has 0 spiro atoms. The van der Waals surface area contributed by atoms with E-state index >= 15 is 0 Å². The summed E-state index contributed by atoms with van der Waals surface area (Å²) in [5, 5.41) is 8.34. The average molecular weight is 368 g/mol. The van der Waals surface area contributed by atoms with Gasteiger partial charge in [0.15, 0.2) is 0 Å². The van der Waals surface area contributed by atoms with Gasteiger partial charge in [0.2, 0.25) is 0 Å². The average Bonchev–Trinajstić information content (AvgIpc) is 2.46. The molecule has 0 aliphatic carbocycles. The molecule has 1 heterocycles. The van der Waals surface area contributed by atoms with Crippen molar-refractivity contribution in [3.63, 3.8) is 0 Å². The molecule has 3 nitrogen and oxygen atoms in total. The van der Waals surface area contributed by atoms with Crippen LogP contribution in [0.3, 0.4) is 0 Å². The summed E-state index contributed by atoms with van der Waals surface area (Å²) in [6.45, 7) is 0. The first-order chi connectivity index (χ1) is 10.0. The fourth-order valence-electron chi connectivity index (χ4n) is 2.17. The highest BCUT2D eigenvalue weighted by Gasteiger charge is 2.09. The van der Waals surface area contributed by atoms with Gasteiger partial charge in [-0.15, -0.1) is 0 Å². The van der Waals surface area contributed by atoms with E-state index in [9.17, 15) is 9.18 Å². The van der Waals surface area contributed by atoms with Crippen LogP contribution in [0.1, 0.15) is 11.3 Å². The van der Waals surface area contributed by atoms with E-state index in [1.807, 2.05) is 0 Å². The molecule has 0 atom stereocenters. The molecule has 1 aromatic heterocycles. The number of nitrogens with one attached hydrogen (secondary N) is 1. The Bertz CT molecular complexity index is 894. The lowest BCUT2D eigenvalue weighted by Gasteiger charge is -2.06. The summed E-state index contributed by atoms with van der Waals surface area (Å²) in [6.07, 6.45) is 0.465. The molecule has 0 amide bonds. The van der Waals surface area contributed by atoms with Crippen LogP contribution < -0.4 is 5.56 Å². The Morgan fingerprint density at radius 1 is 1.19 bits per heavy atom. The van der Waals surface area contributed by atoms with E-state index in [1.54, 1.807) is 30.3 Å². The number of hydrogen-bond acceptors (Lipinski definition) is 2. The van der Waals surface area contributed by atoms with Crippen LogP contribution in [-0.2, 0) is 6.42 Å². The molecule has 3 aromatic rings. The second-order valence-electron chi connectivity index (χ2n) is 4.61. The Balaban J connectivity index is 2.12. The lowest BCUT2D eigenvalue weighted by atomic mass is 10.0. The molecule has 0 bridgehead atoms. The molecule has 0 fully saturated rings. The maximum absolute atomic E-state index is 13.3. The predicted molar refractivity (Wildman–Crippen MR) is 84.3 cm³/mol. The number of halogens is 3. The van der Waals surface area contributed by atoms with Crippen molar-refractivity contribution in [2.75, 3.05) is 0 Å². The summed E-state index contributed by atoms with van der Waals surface area (Å²) in [4.78, 5) is 11.8. The number of benzene rings is 2. The van der Waals surface area contributed by atoms with E-state index in [1.165, 1.54) is 6.07 Å². The molecule has 0 unspecified atom stereocenters. The Morgan fingerprint density at radius 2 is 2.00 bits per heavy atom. The Morgan fingerprint density at radius 3 is 2.76 bits per heavy atom. The van der Waals surface area contributed by atoms with Gasteiger partial charge in [0.25, 0.3) is 5.56 Å². The number of aromatic amines is 1. The van der Waals surface area contributed by atoms with E-state index < -0.39 is 0 Å². The van der Waals surface area contributed by atoms with Crippen LogP contribution >= 0.6 is 27.5 Å². The summed E-state index contributed by atoms with van der Waals surface area (Å²) in [6, 6.07) is 9.81. The minimum atomic E-state index is -0.318. The smallest absolute Gasteiger partial charge is 0.267 e. The van der Waals surface area contributed by atoms with E-state index in [0.29, 0.717) is 32.4 Å². The van der Waals surface area contributed by atoms with Crippen molar-refractivity contribution in [3.05, 3.63) is 73.3 Å². The van der Waals surface area contributed by atoms with Crippen molar-refractivity contribution in [1.29, 1.82) is 0 Å². The molecule has 0 aliphatic rings. The van der Waals surface area contributed by atoms with Gasteiger partial charge in [-0.05, 0) is 51.8 Å². The molecule has 106 valence electrons. The zero-order valence-electron chi connectivity index (χ0n) is 10.7. The SMILES string of the molecule is O=c1[nH]nc(Cc2ccc(F)c(Br)c2)c2cc(Cl)ccc12. The van der Waals surface area contributed by atoms with Crippen molar-refractivity contribution in [2.45, 2.75) is 6.42 Å². The largest absolute Gasteiger partial charge is 0.272 e. The lowest BCUT2D eigenvalue weighted by molar-refractivity contribution is 0.620. The van der Waals surface area contributed by atoms with Crippen molar-refractivity contribution in [3.8, 4) is 0 Å². The van der Waals surface area contributed by atoms with Gasteiger partial charge in [-0.1, -0.05) is 17.7 Å². The minimum absolute atomic E-state index is 0.259. The van der Waals surface area contributed by atoms with Gasteiger partial charge in [0, 0.05) is 16.8 Å². The molecular weight excluding hydrogens is 359 g/mol. The van der Waals surface area contributed by atoms with Crippen molar-refractivity contribution in [1.82, 2.24) is 10.2 Å². The third-order valence-electron chi connectivity index (χ3n) is 3.19. The molecule has 0 radical (unpaired) electrons. The Labute approximate surface area is 132 Å². The molecule has 21 heavy (non-hydrogen) atoms. The molecule has 0 saturated heterocycles. The van der Waals surface area contributed by atoms with Gasteiger partial charge in [-0.25, -0.2) is 9.49 Å². The highest BCUT2D eigenvalue weighted by molar-refractivity contribution is 9.10. The van der Waals surface area contributed by atoms with E-state index in [2.05, 4.69) is 26.1 Å². The van der Waals surface area contributed by atoms with E-state index in [4.69, 9.17) is 11.6 Å². The zero-order chi connectivity index (χ0) is 15.0. The summed E-state index contributed by atoms with van der Waals surface area (Å²) >= 11 is 9.15. The topological polar surface area (TPSA) is 45.8 Å². The van der Waals surface area contributed by atoms with Gasteiger partial charge in [0.1, 0.15) is 5.82 Å². The van der Waals surface area contributed by atoms with Crippen molar-refractivity contribution < 1.29 is 4.39 Å². The van der Waals surface area contributed by atoms with Crippen LogP contribution in [0.5, 0.6) is 0 Å². The summed E-state index contributed by atoms with van der Waals surface area (Å²) < 4.78 is 13.7. The minimum Gasteiger partial charge on any atom is -0.267 e. The number of hydrogen-bond donors (Lipinski definition) is 1. The highest BCUT2D eigenvalue weighted by Crippen LogP contribution is 2.23. The van der Waals surface area contributed by atoms with Crippen LogP contribution in [0.4, 0.5) is 4.39 Å². The van der Waals surface area contributed by atoms with Crippen LogP contribution in [0.15, 0.2) is 45.7 Å². The second kappa shape index (κ2) is 5.58. The zero-order valence-corrected chi connectivity index (χ0v) is 13.0. The van der Waals surface area contributed by atoms with Gasteiger partial charge >= 0.3 is 0 Å². The third-order valence-corrected chi connectivity index (χ3v) is 4.03. The first kappa shape index (κ1) is 14.2. The summed E-state index contributed by atoms with van der Waals surface area (Å²) in [5.74, 6) is -0.318. The van der Waals surface area contributed by atoms with Crippen molar-refractivity contribution in [2.24, 2.45) is 0 Å². The first-order valence-corrected chi connectivity index (χ1v) is 7.32. The van der Waals surface area contributed by atoms with Gasteiger partial charge < -0.3 is 0 Å².